The number of nitrogens with zero attached hydrogens (tertiary/aromatic N) is 2. The summed E-state index contributed by atoms with van der Waals surface area (Å²) in [5.74, 6) is -1.68. The van der Waals surface area contributed by atoms with E-state index in [0.717, 1.165) is 24.3 Å². The van der Waals surface area contributed by atoms with E-state index >= 15 is 0 Å². The number of ether oxygens (including phenoxy) is 2. The van der Waals surface area contributed by atoms with Crippen LogP contribution in [-0.4, -0.2) is 90.5 Å². The van der Waals surface area contributed by atoms with Gasteiger partial charge in [-0.1, -0.05) is 6.92 Å². The molecule has 3 N–H and O–H groups in total. The number of aliphatic hydroxyl groups excluding tert-OH is 1. The highest BCUT2D eigenvalue weighted by Gasteiger charge is 2.33. The van der Waals surface area contributed by atoms with Crippen LogP contribution in [0.4, 0.5) is 42.5 Å². The molecule has 0 aliphatic carbocycles. The molecule has 0 saturated carbocycles. The first-order chi connectivity index (χ1) is 23.4. The first-order valence-electron chi connectivity index (χ1n) is 16.3. The van der Waals surface area contributed by atoms with E-state index in [-0.39, 0.29) is 41.9 Å². The van der Waals surface area contributed by atoms with E-state index in [1.807, 2.05) is 6.92 Å². The number of likely N-dealkylation sites (N-methyl/N-ethyl adjacent to an activating group) is 1. The molecule has 2 aromatic rings. The van der Waals surface area contributed by atoms with Crippen molar-refractivity contribution in [1.29, 1.82) is 0 Å². The quantitative estimate of drug-likeness (QED) is 0.255. The van der Waals surface area contributed by atoms with Gasteiger partial charge in [0.05, 0.1) is 42.4 Å². The molecule has 0 saturated heterocycles. The molecule has 0 fully saturated rings. The largest absolute Gasteiger partial charge is 0.490 e. The van der Waals surface area contributed by atoms with Crippen LogP contribution in [0.2, 0.25) is 0 Å². The fraction of sp³-hybridized carbons (Fsp3) is 0.559. The van der Waals surface area contributed by atoms with Crippen molar-refractivity contribution in [3.63, 3.8) is 0 Å². The fourth-order valence-corrected chi connectivity index (χ4v) is 5.26. The summed E-state index contributed by atoms with van der Waals surface area (Å²) < 4.78 is 89.2. The lowest BCUT2D eigenvalue weighted by Crippen LogP contribution is -2.48. The molecule has 4 amide bonds. The number of rotatable bonds is 8. The third kappa shape index (κ3) is 12.4. The van der Waals surface area contributed by atoms with Gasteiger partial charge >= 0.3 is 18.4 Å². The molecule has 278 valence electrons. The molecule has 0 spiro atoms. The van der Waals surface area contributed by atoms with Crippen molar-refractivity contribution in [3.8, 4) is 5.75 Å². The summed E-state index contributed by atoms with van der Waals surface area (Å²) in [6.07, 6.45) is -10.2. The second-order valence-corrected chi connectivity index (χ2v) is 12.6. The minimum Gasteiger partial charge on any atom is -0.490 e. The van der Waals surface area contributed by atoms with Crippen LogP contribution in [0.15, 0.2) is 42.5 Å². The number of fused-ring (bicyclic) bond motifs is 1. The van der Waals surface area contributed by atoms with Gasteiger partial charge in [-0.05, 0) is 75.6 Å². The highest BCUT2D eigenvalue weighted by Crippen LogP contribution is 2.31. The zero-order chi connectivity index (χ0) is 37.2. The van der Waals surface area contributed by atoms with Gasteiger partial charge in [0, 0.05) is 50.5 Å². The number of aliphatic hydroxyl groups is 1. The number of carbonyl (C=O) groups excluding carboxylic acids is 3. The molecule has 1 heterocycles. The number of hydrogen-bond acceptors (Lipinski definition) is 6. The van der Waals surface area contributed by atoms with Crippen molar-refractivity contribution in [2.24, 2.45) is 5.92 Å². The number of benzene rings is 2. The molecule has 2 aromatic carbocycles. The second kappa shape index (κ2) is 17.7. The van der Waals surface area contributed by atoms with Crippen LogP contribution in [0.3, 0.4) is 0 Å². The Hall–Kier alpha value is -4.05. The predicted molar refractivity (Wildman–Crippen MR) is 174 cm³/mol. The lowest BCUT2D eigenvalue weighted by Gasteiger charge is -2.35. The van der Waals surface area contributed by atoms with E-state index in [1.54, 1.807) is 13.8 Å². The van der Waals surface area contributed by atoms with Gasteiger partial charge in [0.15, 0.2) is 0 Å². The molecule has 50 heavy (non-hydrogen) atoms. The summed E-state index contributed by atoms with van der Waals surface area (Å²) in [5.41, 5.74) is -0.574. The number of urea groups is 1. The highest BCUT2D eigenvalue weighted by molar-refractivity contribution is 5.99. The Morgan fingerprint density at radius 3 is 2.30 bits per heavy atom. The van der Waals surface area contributed by atoms with Crippen LogP contribution in [0.25, 0.3) is 0 Å². The van der Waals surface area contributed by atoms with E-state index in [9.17, 15) is 45.8 Å². The van der Waals surface area contributed by atoms with Gasteiger partial charge in [0.1, 0.15) is 5.75 Å². The van der Waals surface area contributed by atoms with Crippen molar-refractivity contribution >= 4 is 29.2 Å². The van der Waals surface area contributed by atoms with Crippen molar-refractivity contribution < 1.29 is 55.3 Å². The maximum Gasteiger partial charge on any atom is 0.416 e. The number of halogens is 6. The molecule has 0 unspecified atom stereocenters. The molecule has 3 rings (SSSR count). The summed E-state index contributed by atoms with van der Waals surface area (Å²) in [6.45, 7) is 5.24. The van der Waals surface area contributed by atoms with E-state index in [2.05, 4.69) is 10.6 Å². The van der Waals surface area contributed by atoms with Crippen molar-refractivity contribution in [2.75, 3.05) is 44.0 Å². The Morgan fingerprint density at radius 2 is 1.68 bits per heavy atom. The lowest BCUT2D eigenvalue weighted by atomic mass is 10.0. The molecule has 0 aromatic heterocycles. The lowest BCUT2D eigenvalue weighted by molar-refractivity contribution is -0.142. The molecule has 4 atom stereocenters. The standard InChI is InChI=1S/C34H44F6N4O6/c1-21-18-44(22(2)20-45)31(47)27-17-26(41-30(46)14-15-33(35,36)37)12-13-28(27)50-23(3)7-5-6-16-49-29(21)19-43(4)32(48)42-25-10-8-24(9-11-25)34(38,39)40/h8-13,17,21-23,29,45H,5-7,14-16,18-20H2,1-4H3,(H,41,46)(H,42,48)/t21-,22+,23+,29+/m0/s1. The molecule has 1 aliphatic heterocycles. The highest BCUT2D eigenvalue weighted by atomic mass is 19.4. The Bertz CT molecular complexity index is 1440. The monoisotopic (exact) mass is 718 g/mol. The average molecular weight is 719 g/mol. The topological polar surface area (TPSA) is 120 Å². The maximum absolute atomic E-state index is 14.2. The zero-order valence-electron chi connectivity index (χ0n) is 28.4. The van der Waals surface area contributed by atoms with Crippen molar-refractivity contribution in [2.45, 2.75) is 83.5 Å². The summed E-state index contributed by atoms with van der Waals surface area (Å²) in [4.78, 5) is 42.2. The normalized spacial score (nSPS) is 20.2. The van der Waals surface area contributed by atoms with Gasteiger partial charge in [0.2, 0.25) is 5.91 Å². The van der Waals surface area contributed by atoms with Crippen molar-refractivity contribution in [3.05, 3.63) is 53.6 Å². The third-order valence-corrected chi connectivity index (χ3v) is 8.23. The van der Waals surface area contributed by atoms with E-state index in [4.69, 9.17) is 9.47 Å². The van der Waals surface area contributed by atoms with Gasteiger partial charge in [-0.3, -0.25) is 9.59 Å². The van der Waals surface area contributed by atoms with Crippen LogP contribution >= 0.6 is 0 Å². The minimum absolute atomic E-state index is 0.0283. The number of nitrogens with one attached hydrogen (secondary N) is 2. The number of hydrogen-bond donors (Lipinski definition) is 3. The van der Waals surface area contributed by atoms with E-state index in [0.29, 0.717) is 25.9 Å². The Labute approximate surface area is 287 Å². The second-order valence-electron chi connectivity index (χ2n) is 12.6. The number of amides is 4. The Balaban J connectivity index is 1.85. The van der Waals surface area contributed by atoms with Gasteiger partial charge in [0.25, 0.3) is 5.91 Å². The van der Waals surface area contributed by atoms with Crippen LogP contribution in [0.1, 0.15) is 68.8 Å². The van der Waals surface area contributed by atoms with Crippen LogP contribution in [0.5, 0.6) is 5.75 Å². The number of carbonyl (C=O) groups is 3. The molecular weight excluding hydrogens is 674 g/mol. The van der Waals surface area contributed by atoms with Crippen LogP contribution < -0.4 is 15.4 Å². The molecule has 1 aliphatic rings. The SMILES string of the molecule is C[C@@H]1CCCCO[C@H](CN(C)C(=O)Nc2ccc(C(F)(F)F)cc2)[C@@H](C)CN([C@H](C)CO)C(=O)c2cc(NC(=O)CCC(F)(F)F)ccc2O1. The molecule has 10 nitrogen and oxygen atoms in total. The van der Waals surface area contributed by atoms with E-state index in [1.165, 1.54) is 35.0 Å². The molecule has 0 bridgehead atoms. The van der Waals surface area contributed by atoms with Gasteiger partial charge < -0.3 is 35.0 Å². The van der Waals surface area contributed by atoms with Crippen LogP contribution in [-0.2, 0) is 15.7 Å². The zero-order valence-corrected chi connectivity index (χ0v) is 28.4. The molecule has 0 radical (unpaired) electrons. The fourth-order valence-electron chi connectivity index (χ4n) is 5.26. The smallest absolute Gasteiger partial charge is 0.416 e. The summed E-state index contributed by atoms with van der Waals surface area (Å²) in [6, 6.07) is 6.95. The van der Waals surface area contributed by atoms with Crippen LogP contribution in [0, 0.1) is 5.92 Å². The Morgan fingerprint density at radius 1 is 1.02 bits per heavy atom. The third-order valence-electron chi connectivity index (χ3n) is 8.23. The molecule has 16 heteroatoms. The minimum atomic E-state index is -4.52. The predicted octanol–water partition coefficient (Wildman–Crippen LogP) is 6.95. The van der Waals surface area contributed by atoms with Gasteiger partial charge in [-0.2, -0.15) is 26.3 Å². The summed E-state index contributed by atoms with van der Waals surface area (Å²) in [7, 11) is 1.50. The van der Waals surface area contributed by atoms with Gasteiger partial charge in [-0.25, -0.2) is 4.79 Å². The van der Waals surface area contributed by atoms with E-state index < -0.39 is 73.3 Å². The van der Waals surface area contributed by atoms with Gasteiger partial charge in [-0.15, -0.1) is 0 Å². The number of anilines is 2. The summed E-state index contributed by atoms with van der Waals surface area (Å²) in [5, 5.41) is 15.1. The Kier molecular flexibility index (Phi) is 14.3. The average Bonchev–Trinajstić information content (AvgIpc) is 3.04. The van der Waals surface area contributed by atoms with Crippen molar-refractivity contribution in [1.82, 2.24) is 9.80 Å². The maximum atomic E-state index is 14.2. The first kappa shape index (κ1) is 40.4. The summed E-state index contributed by atoms with van der Waals surface area (Å²) >= 11 is 0. The number of alkyl halides is 6. The molecular formula is C34H44F6N4O6. The first-order valence-corrected chi connectivity index (χ1v) is 16.3.